The number of nitrogens with one attached hydrogen (secondary N) is 2. The Kier molecular flexibility index (Phi) is 6.37. The molecular weight excluding hydrogens is 308 g/mol. The van der Waals surface area contributed by atoms with E-state index in [0.29, 0.717) is 12.1 Å². The molecule has 0 aromatic heterocycles. The van der Waals surface area contributed by atoms with Crippen LogP contribution in [-0.4, -0.2) is 28.9 Å². The molecule has 0 bridgehead atoms. The zero-order valence-corrected chi connectivity index (χ0v) is 13.4. The Labute approximate surface area is 133 Å². The summed E-state index contributed by atoms with van der Waals surface area (Å²) in [5, 5.41) is 14.3. The topological polar surface area (TPSA) is 95.5 Å². The summed E-state index contributed by atoms with van der Waals surface area (Å²) in [5.74, 6) is -1.86. The van der Waals surface area contributed by atoms with Gasteiger partial charge >= 0.3 is 5.97 Å². The zero-order valence-electron chi connectivity index (χ0n) is 12.6. The molecule has 3 N–H and O–H groups in total. The Balaban J connectivity index is 2.96. The lowest BCUT2D eigenvalue weighted by Gasteiger charge is -2.17. The first-order valence-corrected chi connectivity index (χ1v) is 7.19. The molecule has 22 heavy (non-hydrogen) atoms. The van der Waals surface area contributed by atoms with Gasteiger partial charge in [0.05, 0.1) is 10.6 Å². The lowest BCUT2D eigenvalue weighted by atomic mass is 10.0. The summed E-state index contributed by atoms with van der Waals surface area (Å²) in [6, 6.07) is 3.45. The fourth-order valence-corrected chi connectivity index (χ4v) is 2.11. The van der Waals surface area contributed by atoms with E-state index in [4.69, 9.17) is 16.7 Å². The van der Waals surface area contributed by atoms with Crippen LogP contribution in [0.4, 0.5) is 5.69 Å². The molecule has 0 spiro atoms. The molecule has 1 aromatic rings. The first kappa shape index (κ1) is 18.0. The van der Waals surface area contributed by atoms with E-state index in [1.807, 2.05) is 13.8 Å². The molecule has 0 fully saturated rings. The maximum atomic E-state index is 12.2. The van der Waals surface area contributed by atoms with Crippen LogP contribution in [0.25, 0.3) is 0 Å². The summed E-state index contributed by atoms with van der Waals surface area (Å²) in [7, 11) is 0. The average Bonchev–Trinajstić information content (AvgIpc) is 2.38. The van der Waals surface area contributed by atoms with Crippen LogP contribution in [0.15, 0.2) is 18.2 Å². The van der Waals surface area contributed by atoms with Crippen LogP contribution < -0.4 is 10.6 Å². The number of amides is 2. The Bertz CT molecular complexity index is 587. The van der Waals surface area contributed by atoms with Crippen LogP contribution in [0, 0.1) is 5.92 Å². The van der Waals surface area contributed by atoms with E-state index in [2.05, 4.69) is 10.6 Å². The van der Waals surface area contributed by atoms with Crippen LogP contribution >= 0.6 is 11.6 Å². The van der Waals surface area contributed by atoms with Crippen LogP contribution in [0.3, 0.4) is 0 Å². The van der Waals surface area contributed by atoms with Gasteiger partial charge in [-0.25, -0.2) is 4.79 Å². The van der Waals surface area contributed by atoms with Crippen molar-refractivity contribution in [2.24, 2.45) is 5.92 Å². The highest BCUT2D eigenvalue weighted by Gasteiger charge is 2.23. The summed E-state index contributed by atoms with van der Waals surface area (Å²) >= 11 is 5.98. The number of anilines is 1. The molecule has 0 unspecified atom stereocenters. The van der Waals surface area contributed by atoms with Crippen molar-refractivity contribution in [3.63, 3.8) is 0 Å². The third kappa shape index (κ3) is 5.37. The van der Waals surface area contributed by atoms with Crippen molar-refractivity contribution in [2.75, 3.05) is 5.32 Å². The average molecular weight is 327 g/mol. The summed E-state index contributed by atoms with van der Waals surface area (Å²) in [6.45, 7) is 5.08. The highest BCUT2D eigenvalue weighted by atomic mass is 35.5. The van der Waals surface area contributed by atoms with E-state index in [0.717, 1.165) is 0 Å². The van der Waals surface area contributed by atoms with Gasteiger partial charge in [-0.3, -0.25) is 9.59 Å². The molecule has 6 nitrogen and oxygen atoms in total. The second-order valence-electron chi connectivity index (χ2n) is 5.37. The maximum Gasteiger partial charge on any atom is 0.326 e. The molecule has 0 saturated carbocycles. The van der Waals surface area contributed by atoms with Gasteiger partial charge in [0.25, 0.3) is 5.91 Å². The van der Waals surface area contributed by atoms with E-state index in [1.165, 1.54) is 19.1 Å². The number of rotatable bonds is 6. The molecule has 0 aliphatic rings. The number of carbonyl (C=O) groups is 3. The molecule has 0 saturated heterocycles. The first-order chi connectivity index (χ1) is 10.2. The fraction of sp³-hybridized carbons (Fsp3) is 0.400. The van der Waals surface area contributed by atoms with E-state index in [9.17, 15) is 14.4 Å². The van der Waals surface area contributed by atoms with E-state index in [1.54, 1.807) is 6.07 Å². The molecular formula is C15H19ClN2O4. The third-order valence-corrected chi connectivity index (χ3v) is 3.17. The Morgan fingerprint density at radius 2 is 1.91 bits per heavy atom. The van der Waals surface area contributed by atoms with Gasteiger partial charge in [-0.05, 0) is 30.5 Å². The van der Waals surface area contributed by atoms with Crippen molar-refractivity contribution in [1.82, 2.24) is 5.32 Å². The van der Waals surface area contributed by atoms with Crippen LogP contribution in [0.1, 0.15) is 37.6 Å². The van der Waals surface area contributed by atoms with Crippen molar-refractivity contribution in [1.29, 1.82) is 0 Å². The molecule has 0 aliphatic carbocycles. The summed E-state index contributed by atoms with van der Waals surface area (Å²) < 4.78 is 0. The molecule has 2 amide bonds. The second-order valence-corrected chi connectivity index (χ2v) is 5.78. The van der Waals surface area contributed by atoms with Gasteiger partial charge in [0.15, 0.2) is 0 Å². The number of carboxylic acids is 1. The number of aliphatic carboxylic acids is 1. The van der Waals surface area contributed by atoms with Gasteiger partial charge in [0.1, 0.15) is 6.04 Å². The molecule has 1 rings (SSSR count). The van der Waals surface area contributed by atoms with Crippen molar-refractivity contribution >= 4 is 35.1 Å². The lowest BCUT2D eigenvalue weighted by Crippen LogP contribution is -2.41. The number of hydrogen-bond donors (Lipinski definition) is 3. The normalized spacial score (nSPS) is 11.9. The first-order valence-electron chi connectivity index (χ1n) is 6.81. The van der Waals surface area contributed by atoms with Gasteiger partial charge in [-0.2, -0.15) is 0 Å². The SMILES string of the molecule is CC(=O)Nc1ccc(Cl)c(C(=O)N[C@@H](CC(C)C)C(=O)O)c1. The van der Waals surface area contributed by atoms with E-state index in [-0.39, 0.29) is 22.4 Å². The van der Waals surface area contributed by atoms with Gasteiger partial charge in [0, 0.05) is 12.6 Å². The predicted molar refractivity (Wildman–Crippen MR) is 84.1 cm³/mol. The van der Waals surface area contributed by atoms with Crippen molar-refractivity contribution in [3.05, 3.63) is 28.8 Å². The maximum absolute atomic E-state index is 12.2. The molecule has 1 aromatic carbocycles. The highest BCUT2D eigenvalue weighted by Crippen LogP contribution is 2.21. The van der Waals surface area contributed by atoms with Gasteiger partial charge < -0.3 is 15.7 Å². The van der Waals surface area contributed by atoms with Crippen molar-refractivity contribution < 1.29 is 19.5 Å². The molecule has 0 heterocycles. The monoisotopic (exact) mass is 326 g/mol. The Hall–Kier alpha value is -2.08. The molecule has 0 radical (unpaired) electrons. The number of halogens is 1. The minimum Gasteiger partial charge on any atom is -0.480 e. The largest absolute Gasteiger partial charge is 0.480 e. The number of carboxylic acid groups (broad SMARTS) is 1. The molecule has 7 heteroatoms. The van der Waals surface area contributed by atoms with Crippen LogP contribution in [0.5, 0.6) is 0 Å². The highest BCUT2D eigenvalue weighted by molar-refractivity contribution is 6.34. The quantitative estimate of drug-likeness (QED) is 0.748. The molecule has 1 atom stereocenters. The standard InChI is InChI=1S/C15H19ClN2O4/c1-8(2)6-13(15(21)22)18-14(20)11-7-10(17-9(3)19)4-5-12(11)16/h4-5,7-8,13H,6H2,1-3H3,(H,17,19)(H,18,20)(H,21,22)/t13-/m0/s1. The molecule has 0 aliphatic heterocycles. The summed E-state index contributed by atoms with van der Waals surface area (Å²) in [4.78, 5) is 34.5. The van der Waals surface area contributed by atoms with Gasteiger partial charge in [-0.15, -0.1) is 0 Å². The third-order valence-electron chi connectivity index (χ3n) is 2.84. The smallest absolute Gasteiger partial charge is 0.326 e. The van der Waals surface area contributed by atoms with Crippen molar-refractivity contribution in [3.8, 4) is 0 Å². The minimum atomic E-state index is -1.10. The molecule has 120 valence electrons. The number of carbonyl (C=O) groups excluding carboxylic acids is 2. The van der Waals surface area contributed by atoms with E-state index < -0.39 is 17.9 Å². The van der Waals surface area contributed by atoms with Gasteiger partial charge in [0.2, 0.25) is 5.91 Å². The number of benzene rings is 1. The zero-order chi connectivity index (χ0) is 16.9. The van der Waals surface area contributed by atoms with E-state index >= 15 is 0 Å². The predicted octanol–water partition coefficient (Wildman–Crippen LogP) is 2.53. The minimum absolute atomic E-state index is 0.114. The van der Waals surface area contributed by atoms with Gasteiger partial charge in [-0.1, -0.05) is 25.4 Å². The Morgan fingerprint density at radius 3 is 2.41 bits per heavy atom. The fourth-order valence-electron chi connectivity index (χ4n) is 1.91. The second kappa shape index (κ2) is 7.79. The van der Waals surface area contributed by atoms with Crippen LogP contribution in [0.2, 0.25) is 5.02 Å². The van der Waals surface area contributed by atoms with Crippen molar-refractivity contribution in [2.45, 2.75) is 33.2 Å². The summed E-state index contributed by atoms with van der Waals surface area (Å²) in [6.07, 6.45) is 0.310. The van der Waals surface area contributed by atoms with Crippen LogP contribution in [-0.2, 0) is 9.59 Å². The Morgan fingerprint density at radius 1 is 1.27 bits per heavy atom. The lowest BCUT2D eigenvalue weighted by molar-refractivity contribution is -0.139. The number of hydrogen-bond acceptors (Lipinski definition) is 3. The summed E-state index contributed by atoms with van der Waals surface area (Å²) in [5.41, 5.74) is 0.528.